The molecule has 0 unspecified atom stereocenters. The summed E-state index contributed by atoms with van der Waals surface area (Å²) < 4.78 is 75.3. The van der Waals surface area contributed by atoms with Gasteiger partial charge in [-0.2, -0.15) is 18.2 Å². The van der Waals surface area contributed by atoms with Crippen molar-refractivity contribution in [2.24, 2.45) is 5.73 Å². The molecule has 7 nitrogen and oxygen atoms in total. The number of ether oxygens (including phenoxy) is 2. The van der Waals surface area contributed by atoms with Gasteiger partial charge in [0.2, 0.25) is 5.88 Å². The van der Waals surface area contributed by atoms with Gasteiger partial charge in [0, 0.05) is 18.2 Å². The zero-order valence-electron chi connectivity index (χ0n) is 17.0. The van der Waals surface area contributed by atoms with E-state index in [0.717, 1.165) is 12.1 Å². The Morgan fingerprint density at radius 2 is 1.82 bits per heavy atom. The molecule has 0 aliphatic rings. The van der Waals surface area contributed by atoms with Crippen LogP contribution in [0.15, 0.2) is 51.7 Å². The van der Waals surface area contributed by atoms with Gasteiger partial charge >= 0.3 is 18.2 Å². The molecule has 0 saturated heterocycles. The first-order chi connectivity index (χ1) is 16.0. The van der Waals surface area contributed by atoms with Crippen LogP contribution in [0.5, 0.6) is 11.9 Å². The van der Waals surface area contributed by atoms with E-state index in [-0.39, 0.29) is 23.1 Å². The second-order valence-corrected chi connectivity index (χ2v) is 7.63. The van der Waals surface area contributed by atoms with Crippen LogP contribution in [0.3, 0.4) is 0 Å². The van der Waals surface area contributed by atoms with Crippen LogP contribution in [-0.2, 0) is 24.5 Å². The molecule has 3 aromatic rings. The van der Waals surface area contributed by atoms with E-state index in [9.17, 15) is 31.5 Å². The van der Waals surface area contributed by atoms with Gasteiger partial charge in [-0.15, -0.1) is 0 Å². The maximum absolute atomic E-state index is 13.9. The summed E-state index contributed by atoms with van der Waals surface area (Å²) >= 11 is 2.96. The van der Waals surface area contributed by atoms with E-state index in [1.165, 1.54) is 0 Å². The number of nitrogens with two attached hydrogens (primary N) is 1. The van der Waals surface area contributed by atoms with Crippen LogP contribution < -0.4 is 20.8 Å². The minimum Gasteiger partial charge on any atom is -0.472 e. The molecule has 1 heterocycles. The van der Waals surface area contributed by atoms with Gasteiger partial charge in [0.1, 0.15) is 22.7 Å². The quantitative estimate of drug-likeness (QED) is 0.356. The maximum atomic E-state index is 13.9. The fourth-order valence-electron chi connectivity index (χ4n) is 2.77. The number of esters is 1. The van der Waals surface area contributed by atoms with E-state index in [2.05, 4.69) is 25.7 Å². The average molecular weight is 548 g/mol. The number of halogens is 6. The molecular formula is C21H15BrF5N3O4. The lowest BCUT2D eigenvalue weighted by Gasteiger charge is -2.16. The van der Waals surface area contributed by atoms with Gasteiger partial charge in [-0.25, -0.2) is 13.6 Å². The normalized spacial score (nSPS) is 11.4. The van der Waals surface area contributed by atoms with E-state index >= 15 is 0 Å². The fourth-order valence-corrected chi connectivity index (χ4v) is 3.19. The van der Waals surface area contributed by atoms with Crippen molar-refractivity contribution in [2.45, 2.75) is 25.9 Å². The molecular weight excluding hydrogens is 533 g/mol. The second kappa shape index (κ2) is 10.3. The van der Waals surface area contributed by atoms with E-state index in [4.69, 9.17) is 10.5 Å². The highest BCUT2D eigenvalue weighted by molar-refractivity contribution is 9.10. The van der Waals surface area contributed by atoms with Gasteiger partial charge in [0.15, 0.2) is 0 Å². The lowest BCUT2D eigenvalue weighted by atomic mass is 10.1. The molecule has 2 aromatic carbocycles. The molecule has 0 aliphatic carbocycles. The Kier molecular flexibility index (Phi) is 7.67. The van der Waals surface area contributed by atoms with Gasteiger partial charge in [-0.1, -0.05) is 24.3 Å². The van der Waals surface area contributed by atoms with E-state index in [1.54, 1.807) is 24.3 Å². The van der Waals surface area contributed by atoms with Crippen molar-refractivity contribution in [3.05, 3.63) is 85.6 Å². The van der Waals surface area contributed by atoms with Crippen molar-refractivity contribution in [1.29, 1.82) is 0 Å². The molecule has 0 amide bonds. The molecule has 1 aromatic heterocycles. The summed E-state index contributed by atoms with van der Waals surface area (Å²) in [6, 6.07) is 8.17. The van der Waals surface area contributed by atoms with Crippen LogP contribution in [0.4, 0.5) is 22.0 Å². The third kappa shape index (κ3) is 5.97. The van der Waals surface area contributed by atoms with Crippen molar-refractivity contribution in [1.82, 2.24) is 9.55 Å². The maximum Gasteiger partial charge on any atom is 0.491 e. The van der Waals surface area contributed by atoms with Gasteiger partial charge in [-0.3, -0.25) is 9.36 Å². The molecule has 180 valence electrons. The number of benzene rings is 2. The largest absolute Gasteiger partial charge is 0.491 e. The number of rotatable bonds is 7. The summed E-state index contributed by atoms with van der Waals surface area (Å²) in [5.74, 6) is -4.96. The highest BCUT2D eigenvalue weighted by Gasteiger charge is 2.42. The predicted molar refractivity (Wildman–Crippen MR) is 112 cm³/mol. The van der Waals surface area contributed by atoms with Crippen LogP contribution in [0.2, 0.25) is 0 Å². The first kappa shape index (κ1) is 25.3. The average Bonchev–Trinajstić information content (AvgIpc) is 2.78. The van der Waals surface area contributed by atoms with Crippen molar-refractivity contribution in [3.8, 4) is 11.9 Å². The fraction of sp³-hybridized carbons (Fsp3) is 0.190. The van der Waals surface area contributed by atoms with Crippen LogP contribution in [0.25, 0.3) is 0 Å². The van der Waals surface area contributed by atoms with Crippen LogP contribution in [0.1, 0.15) is 16.7 Å². The van der Waals surface area contributed by atoms with Crippen molar-refractivity contribution in [3.63, 3.8) is 0 Å². The Labute approximate surface area is 197 Å². The van der Waals surface area contributed by atoms with Crippen molar-refractivity contribution < 1.29 is 36.2 Å². The molecule has 0 radical (unpaired) electrons. The highest BCUT2D eigenvalue weighted by atomic mass is 79.9. The van der Waals surface area contributed by atoms with Gasteiger partial charge in [0.05, 0.1) is 6.54 Å². The number of carbonyl (C=O) groups excluding carboxylic acids is 1. The third-order valence-corrected chi connectivity index (χ3v) is 5.09. The van der Waals surface area contributed by atoms with Gasteiger partial charge < -0.3 is 15.2 Å². The lowest BCUT2D eigenvalue weighted by molar-refractivity contribution is -0.190. The van der Waals surface area contributed by atoms with Crippen molar-refractivity contribution in [2.75, 3.05) is 0 Å². The SMILES string of the molecule is NCc1cccc(Cn2c(OC(=O)C(F)(F)F)nc(OCc3ccc(F)cc3F)c(Br)c2=O)c1. The van der Waals surface area contributed by atoms with E-state index < -0.39 is 47.8 Å². The summed E-state index contributed by atoms with van der Waals surface area (Å²) in [6.07, 6.45) is -5.37. The Bertz CT molecular complexity index is 1280. The van der Waals surface area contributed by atoms with Gasteiger partial charge in [0.25, 0.3) is 5.56 Å². The Balaban J connectivity index is 2.01. The predicted octanol–water partition coefficient (Wildman–Crippen LogP) is 3.84. The highest BCUT2D eigenvalue weighted by Crippen LogP contribution is 2.26. The summed E-state index contributed by atoms with van der Waals surface area (Å²) in [4.78, 5) is 28.1. The summed E-state index contributed by atoms with van der Waals surface area (Å²) in [6.45, 7) is -0.689. The zero-order chi connectivity index (χ0) is 25.0. The minimum atomic E-state index is -5.37. The van der Waals surface area contributed by atoms with E-state index in [1.807, 2.05) is 0 Å². The molecule has 13 heteroatoms. The smallest absolute Gasteiger partial charge is 0.472 e. The second-order valence-electron chi connectivity index (χ2n) is 6.84. The molecule has 2 N–H and O–H groups in total. The van der Waals surface area contributed by atoms with Crippen molar-refractivity contribution >= 4 is 21.9 Å². The van der Waals surface area contributed by atoms with Crippen LogP contribution >= 0.6 is 15.9 Å². The number of hydrogen-bond donors (Lipinski definition) is 1. The number of aromatic nitrogens is 2. The summed E-state index contributed by atoms with van der Waals surface area (Å²) in [5.41, 5.74) is 5.68. The van der Waals surface area contributed by atoms with Crippen LogP contribution in [0, 0.1) is 11.6 Å². The Hall–Kier alpha value is -3.32. The molecule has 34 heavy (non-hydrogen) atoms. The topological polar surface area (TPSA) is 96.4 Å². The third-order valence-electron chi connectivity index (χ3n) is 4.41. The zero-order valence-corrected chi connectivity index (χ0v) is 18.6. The minimum absolute atomic E-state index is 0.119. The van der Waals surface area contributed by atoms with Gasteiger partial charge in [-0.05, 0) is 39.2 Å². The standard InChI is InChI=1S/C21H15BrF5N3O4/c22-16-17(33-10-13-4-5-14(23)7-15(13)24)29-20(34-19(32)21(25,26)27)30(18(16)31)9-12-3-1-2-11(6-12)8-28/h1-7H,8-10,28H2. The molecule has 3 rings (SSSR count). The lowest BCUT2D eigenvalue weighted by Crippen LogP contribution is -2.32. The molecule has 0 spiro atoms. The number of carbonyl (C=O) groups is 1. The molecule has 0 fully saturated rings. The molecule has 0 aliphatic heterocycles. The molecule has 0 bridgehead atoms. The van der Waals surface area contributed by atoms with Crippen LogP contribution in [-0.4, -0.2) is 21.7 Å². The Morgan fingerprint density at radius 3 is 2.47 bits per heavy atom. The molecule has 0 saturated carbocycles. The first-order valence-electron chi connectivity index (χ1n) is 9.43. The number of hydrogen-bond acceptors (Lipinski definition) is 6. The monoisotopic (exact) mass is 547 g/mol. The number of nitrogens with zero attached hydrogens (tertiary/aromatic N) is 2. The van der Waals surface area contributed by atoms with E-state index in [0.29, 0.717) is 21.8 Å². The summed E-state index contributed by atoms with van der Waals surface area (Å²) in [5, 5.41) is 0. The number of alkyl halides is 3. The Morgan fingerprint density at radius 1 is 1.12 bits per heavy atom. The first-order valence-corrected chi connectivity index (χ1v) is 10.2. The molecule has 0 atom stereocenters. The summed E-state index contributed by atoms with van der Waals surface area (Å²) in [7, 11) is 0.